The molecule has 0 bridgehead atoms. The van der Waals surface area contributed by atoms with E-state index in [1.165, 1.54) is 6.66 Å². The highest BCUT2D eigenvalue weighted by atomic mass is 32.2. The van der Waals surface area contributed by atoms with Gasteiger partial charge in [-0.2, -0.15) is 8.42 Å². The summed E-state index contributed by atoms with van der Waals surface area (Å²) in [6.45, 7) is 3.04. The van der Waals surface area contributed by atoms with E-state index in [2.05, 4.69) is 10.1 Å². The van der Waals surface area contributed by atoms with Gasteiger partial charge in [-0.25, -0.2) is 0 Å². The van der Waals surface area contributed by atoms with Gasteiger partial charge in [0.25, 0.3) is 10.1 Å². The van der Waals surface area contributed by atoms with Gasteiger partial charge in [-0.1, -0.05) is 5.92 Å². The second-order valence-corrected chi connectivity index (χ2v) is 6.92. The van der Waals surface area contributed by atoms with Crippen molar-refractivity contribution in [1.29, 1.82) is 0 Å². The molecule has 0 saturated carbocycles. The molecule has 1 atom stereocenters. The smallest absolute Gasteiger partial charge is 0.309 e. The van der Waals surface area contributed by atoms with Crippen LogP contribution in [0.1, 0.15) is 13.3 Å². The molecular formula is C9H17O6PS. The van der Waals surface area contributed by atoms with Gasteiger partial charge in [-0.3, -0.25) is 8.75 Å². The molecule has 0 aromatic heterocycles. The summed E-state index contributed by atoms with van der Waals surface area (Å²) in [5.74, 6) is 1.82. The Bertz CT molecular complexity index is 396. The Kier molecular flexibility index (Phi) is 7.68. The van der Waals surface area contributed by atoms with Gasteiger partial charge in [0.2, 0.25) is 0 Å². The number of hydrogen-bond donors (Lipinski definition) is 0. The zero-order valence-corrected chi connectivity index (χ0v) is 11.6. The van der Waals surface area contributed by atoms with Crippen LogP contribution in [0.4, 0.5) is 0 Å². The summed E-state index contributed by atoms with van der Waals surface area (Å²) >= 11 is 0. The molecule has 100 valence electrons. The normalized spacial score (nSPS) is 15.1. The van der Waals surface area contributed by atoms with Crippen LogP contribution in [0.5, 0.6) is 0 Å². The summed E-state index contributed by atoms with van der Waals surface area (Å²) in [6, 6.07) is 0. The van der Waals surface area contributed by atoms with Crippen LogP contribution in [-0.2, 0) is 27.9 Å². The Morgan fingerprint density at radius 2 is 2.00 bits per heavy atom. The quantitative estimate of drug-likeness (QED) is 0.274. The van der Waals surface area contributed by atoms with E-state index in [4.69, 9.17) is 15.5 Å². The number of hydrogen-bond acceptors (Lipinski definition) is 6. The van der Waals surface area contributed by atoms with Crippen LogP contribution < -0.4 is 0 Å². The summed E-state index contributed by atoms with van der Waals surface area (Å²) < 4.78 is 48.0. The Balaban J connectivity index is 3.86. The van der Waals surface area contributed by atoms with E-state index in [1.807, 2.05) is 0 Å². The molecule has 1 unspecified atom stereocenters. The fraction of sp³-hybridized carbons (Fsp3) is 0.778. The Labute approximate surface area is 102 Å². The first kappa shape index (κ1) is 16.6. The lowest BCUT2D eigenvalue weighted by atomic mass is 10.5. The molecule has 8 heteroatoms. The highest BCUT2D eigenvalue weighted by molar-refractivity contribution is 7.86. The SMILES string of the molecule is C#CCOS(=O)(=O)CCCOP(C)(=O)OCC. The van der Waals surface area contributed by atoms with Crippen LogP contribution in [0.2, 0.25) is 0 Å². The monoisotopic (exact) mass is 284 g/mol. The van der Waals surface area contributed by atoms with Crippen molar-refractivity contribution in [3.05, 3.63) is 0 Å². The molecule has 0 amide bonds. The van der Waals surface area contributed by atoms with Crippen molar-refractivity contribution in [2.24, 2.45) is 0 Å². The first-order valence-corrected chi connectivity index (χ1v) is 8.57. The van der Waals surface area contributed by atoms with Gasteiger partial charge in [0.15, 0.2) is 0 Å². The van der Waals surface area contributed by atoms with E-state index in [9.17, 15) is 13.0 Å². The molecule has 0 fully saturated rings. The van der Waals surface area contributed by atoms with Gasteiger partial charge in [0, 0.05) is 6.66 Å². The third kappa shape index (κ3) is 9.33. The lowest BCUT2D eigenvalue weighted by Gasteiger charge is -2.12. The molecule has 0 saturated heterocycles. The minimum absolute atomic E-state index is 0.0203. The van der Waals surface area contributed by atoms with Gasteiger partial charge < -0.3 is 9.05 Å². The van der Waals surface area contributed by atoms with E-state index in [1.54, 1.807) is 6.92 Å². The van der Waals surface area contributed by atoms with Crippen molar-refractivity contribution in [2.75, 3.05) is 32.2 Å². The zero-order valence-electron chi connectivity index (χ0n) is 9.92. The summed E-state index contributed by atoms with van der Waals surface area (Å²) in [6.07, 6.45) is 5.03. The van der Waals surface area contributed by atoms with Crippen molar-refractivity contribution in [1.82, 2.24) is 0 Å². The molecule has 0 radical (unpaired) electrons. The topological polar surface area (TPSA) is 78.9 Å². The van der Waals surface area contributed by atoms with Crippen molar-refractivity contribution < 1.29 is 26.2 Å². The van der Waals surface area contributed by atoms with E-state index >= 15 is 0 Å². The molecule has 0 heterocycles. The standard InChI is InChI=1S/C9H17O6PS/c1-4-7-15-17(11,12)9-6-8-14-16(3,10)13-5-2/h1H,5-9H2,2-3H3. The van der Waals surface area contributed by atoms with Gasteiger partial charge in [-0.05, 0) is 13.3 Å². The van der Waals surface area contributed by atoms with Crippen LogP contribution in [0.25, 0.3) is 0 Å². The maximum absolute atomic E-state index is 11.5. The molecular weight excluding hydrogens is 267 g/mol. The zero-order chi connectivity index (χ0) is 13.4. The number of rotatable bonds is 9. The van der Waals surface area contributed by atoms with Gasteiger partial charge in [0.05, 0.1) is 19.0 Å². The minimum Gasteiger partial charge on any atom is -0.309 e. The summed E-state index contributed by atoms with van der Waals surface area (Å²) in [4.78, 5) is 0. The van der Waals surface area contributed by atoms with Crippen molar-refractivity contribution in [3.63, 3.8) is 0 Å². The van der Waals surface area contributed by atoms with E-state index in [0.717, 1.165) is 0 Å². The fourth-order valence-electron chi connectivity index (χ4n) is 0.921. The predicted octanol–water partition coefficient (Wildman–Crippen LogP) is 1.23. The molecule has 17 heavy (non-hydrogen) atoms. The van der Waals surface area contributed by atoms with Crippen LogP contribution >= 0.6 is 7.60 Å². The molecule has 0 aromatic carbocycles. The number of terminal acetylenes is 1. The molecule has 0 aliphatic carbocycles. The third-order valence-corrected chi connectivity index (χ3v) is 4.19. The predicted molar refractivity (Wildman–Crippen MR) is 64.3 cm³/mol. The first-order valence-electron chi connectivity index (χ1n) is 5.00. The van der Waals surface area contributed by atoms with E-state index in [0.29, 0.717) is 0 Å². The van der Waals surface area contributed by atoms with Crippen LogP contribution in [-0.4, -0.2) is 40.7 Å². The van der Waals surface area contributed by atoms with E-state index in [-0.39, 0.29) is 32.0 Å². The molecule has 0 rings (SSSR count). The Morgan fingerprint density at radius 1 is 1.35 bits per heavy atom. The Hall–Kier alpha value is -0.380. The van der Waals surface area contributed by atoms with Crippen LogP contribution in [0.3, 0.4) is 0 Å². The van der Waals surface area contributed by atoms with Crippen LogP contribution in [0.15, 0.2) is 0 Å². The molecule has 0 N–H and O–H groups in total. The minimum atomic E-state index is -3.63. The first-order chi connectivity index (χ1) is 7.83. The molecule has 0 spiro atoms. The molecule has 0 aliphatic heterocycles. The van der Waals surface area contributed by atoms with Gasteiger partial charge >= 0.3 is 7.60 Å². The lowest BCUT2D eigenvalue weighted by molar-refractivity contribution is 0.216. The maximum Gasteiger partial charge on any atom is 0.327 e. The summed E-state index contributed by atoms with van der Waals surface area (Å²) in [7, 11) is -6.69. The lowest BCUT2D eigenvalue weighted by Crippen LogP contribution is -2.12. The molecule has 0 aliphatic rings. The van der Waals surface area contributed by atoms with Crippen molar-refractivity contribution >= 4 is 17.7 Å². The third-order valence-electron chi connectivity index (χ3n) is 1.55. The second-order valence-electron chi connectivity index (χ2n) is 3.10. The van der Waals surface area contributed by atoms with Gasteiger partial charge in [-0.15, -0.1) is 6.42 Å². The fourth-order valence-corrected chi connectivity index (χ4v) is 2.76. The summed E-state index contributed by atoms with van der Waals surface area (Å²) in [5, 5.41) is 0. The largest absolute Gasteiger partial charge is 0.327 e. The van der Waals surface area contributed by atoms with Crippen molar-refractivity contribution in [3.8, 4) is 12.3 Å². The van der Waals surface area contributed by atoms with Gasteiger partial charge in [0.1, 0.15) is 6.61 Å². The molecule has 6 nitrogen and oxygen atoms in total. The molecule has 0 aromatic rings. The second kappa shape index (κ2) is 7.85. The maximum atomic E-state index is 11.5. The average Bonchev–Trinajstić information content (AvgIpc) is 2.22. The average molecular weight is 284 g/mol. The van der Waals surface area contributed by atoms with Crippen molar-refractivity contribution in [2.45, 2.75) is 13.3 Å². The summed E-state index contributed by atoms with van der Waals surface area (Å²) in [5.41, 5.74) is 0. The highest BCUT2D eigenvalue weighted by Gasteiger charge is 2.16. The van der Waals surface area contributed by atoms with Crippen LogP contribution in [0, 0.1) is 12.3 Å². The van der Waals surface area contributed by atoms with E-state index < -0.39 is 17.7 Å². The Morgan fingerprint density at radius 3 is 2.53 bits per heavy atom. The highest BCUT2D eigenvalue weighted by Crippen LogP contribution is 2.43.